The molecular weight excluding hydrogens is 450 g/mol. The average molecular weight is 461 g/mol. The van der Waals surface area contributed by atoms with E-state index in [1.54, 1.807) is 0 Å². The number of benzene rings is 1. The van der Waals surface area contributed by atoms with Crippen LogP contribution in [0.3, 0.4) is 0 Å². The van der Waals surface area contributed by atoms with Crippen LogP contribution < -0.4 is 10.3 Å². The number of alkyl halides is 5. The summed E-state index contributed by atoms with van der Waals surface area (Å²) in [7, 11) is 1.79. The second-order valence-corrected chi connectivity index (χ2v) is 6.06. The molecule has 1 aromatic carbocycles. The van der Waals surface area contributed by atoms with E-state index in [0.29, 0.717) is 6.07 Å². The maximum absolute atomic E-state index is 14.5. The molecule has 2 rings (SSSR count). The van der Waals surface area contributed by atoms with Gasteiger partial charge in [0.05, 0.1) is 17.8 Å². The van der Waals surface area contributed by atoms with Crippen LogP contribution in [0.15, 0.2) is 23.0 Å². The molecule has 0 aliphatic rings. The molecule has 164 valence electrons. The quantitative estimate of drug-likeness (QED) is 0.664. The van der Waals surface area contributed by atoms with Crippen molar-refractivity contribution in [1.29, 1.82) is 0 Å². The minimum Gasteiger partial charge on any atom is -0.479 e. The summed E-state index contributed by atoms with van der Waals surface area (Å²) in [5.41, 5.74) is -4.63. The number of ether oxygens (including phenoxy) is 2. The van der Waals surface area contributed by atoms with Crippen LogP contribution in [0.25, 0.3) is 5.69 Å². The summed E-state index contributed by atoms with van der Waals surface area (Å²) in [6, 6.07) is 0.0885. The van der Waals surface area contributed by atoms with Gasteiger partial charge in [-0.15, -0.1) is 0 Å². The fraction of sp³-hybridized carbons (Fsp3) is 0.312. The number of hydrogen-bond donors (Lipinski definition) is 1. The largest absolute Gasteiger partial charge is 0.479 e. The molecule has 0 radical (unpaired) electrons. The van der Waals surface area contributed by atoms with Crippen LogP contribution >= 0.6 is 11.6 Å². The van der Waals surface area contributed by atoms with Crippen molar-refractivity contribution in [1.82, 2.24) is 9.55 Å². The fourth-order valence-electron chi connectivity index (χ4n) is 2.41. The maximum Gasteiger partial charge on any atom is 0.459 e. The molecule has 0 spiro atoms. The Labute approximate surface area is 168 Å². The van der Waals surface area contributed by atoms with Crippen LogP contribution in [-0.4, -0.2) is 41.0 Å². The van der Waals surface area contributed by atoms with Crippen molar-refractivity contribution in [2.75, 3.05) is 14.2 Å². The molecule has 0 aliphatic carbocycles. The van der Waals surface area contributed by atoms with Gasteiger partial charge < -0.3 is 14.6 Å². The van der Waals surface area contributed by atoms with E-state index >= 15 is 0 Å². The van der Waals surface area contributed by atoms with Crippen LogP contribution in [0.1, 0.15) is 17.4 Å². The Hall–Kier alpha value is -2.80. The predicted molar refractivity (Wildman–Crippen MR) is 88.7 cm³/mol. The standard InChI is InChI=1S/C16H11ClF6N2O5/c1-29-12(13(27)28)6-3-9(8(18)4-7(6)17)25-11(26)5-10(24-14(25)30-2)15(19,20)16(21,22)23/h3-5,12H,1-2H3,(H,27,28). The Bertz CT molecular complexity index is 1040. The molecule has 0 amide bonds. The SMILES string of the molecule is COc1nc(C(F)(F)C(F)(F)F)cc(=O)n1-c1cc(C(OC)C(=O)O)c(Cl)cc1F. The molecule has 1 N–H and O–H groups in total. The molecular formula is C16H11ClF6N2O5. The molecule has 2 aromatic rings. The Morgan fingerprint density at radius 2 is 1.80 bits per heavy atom. The number of rotatable bonds is 6. The van der Waals surface area contributed by atoms with Crippen molar-refractivity contribution in [3.05, 3.63) is 50.7 Å². The van der Waals surface area contributed by atoms with Gasteiger partial charge in [-0.3, -0.25) is 4.79 Å². The van der Waals surface area contributed by atoms with E-state index in [4.69, 9.17) is 21.4 Å². The van der Waals surface area contributed by atoms with E-state index in [9.17, 15) is 35.9 Å². The Morgan fingerprint density at radius 1 is 1.20 bits per heavy atom. The van der Waals surface area contributed by atoms with E-state index < -0.39 is 58.0 Å². The molecule has 14 heteroatoms. The summed E-state index contributed by atoms with van der Waals surface area (Å²) in [5.74, 6) is -8.27. The van der Waals surface area contributed by atoms with E-state index in [-0.39, 0.29) is 16.2 Å². The Balaban J connectivity index is 2.80. The fourth-order valence-corrected chi connectivity index (χ4v) is 2.66. The Kier molecular flexibility index (Phi) is 6.37. The molecule has 0 bridgehead atoms. The highest BCUT2D eigenvalue weighted by molar-refractivity contribution is 6.31. The summed E-state index contributed by atoms with van der Waals surface area (Å²) in [6.07, 6.45) is -7.77. The molecule has 0 aliphatic heterocycles. The van der Waals surface area contributed by atoms with Crippen molar-refractivity contribution in [3.8, 4) is 11.7 Å². The normalized spacial score (nSPS) is 13.2. The highest BCUT2D eigenvalue weighted by Gasteiger charge is 2.60. The van der Waals surface area contributed by atoms with Gasteiger partial charge in [-0.2, -0.15) is 26.9 Å². The molecule has 7 nitrogen and oxygen atoms in total. The monoisotopic (exact) mass is 460 g/mol. The average Bonchev–Trinajstić information content (AvgIpc) is 2.62. The first kappa shape index (κ1) is 23.5. The topological polar surface area (TPSA) is 90.6 Å². The summed E-state index contributed by atoms with van der Waals surface area (Å²) in [5, 5.41) is 8.76. The van der Waals surface area contributed by atoms with Crippen molar-refractivity contribution in [3.63, 3.8) is 0 Å². The predicted octanol–water partition coefficient (Wildman–Crippen LogP) is 3.46. The van der Waals surface area contributed by atoms with E-state index in [1.165, 1.54) is 0 Å². The van der Waals surface area contributed by atoms with Crippen molar-refractivity contribution < 1.29 is 45.7 Å². The zero-order valence-corrected chi connectivity index (χ0v) is 15.7. The van der Waals surface area contributed by atoms with Crippen LogP contribution in [0.5, 0.6) is 6.01 Å². The number of methoxy groups -OCH3 is 2. The third-order valence-electron chi connectivity index (χ3n) is 3.80. The van der Waals surface area contributed by atoms with Gasteiger partial charge in [-0.25, -0.2) is 13.8 Å². The van der Waals surface area contributed by atoms with Gasteiger partial charge in [0.2, 0.25) is 0 Å². The molecule has 1 heterocycles. The van der Waals surface area contributed by atoms with Gasteiger partial charge in [-0.05, 0) is 12.1 Å². The molecule has 1 unspecified atom stereocenters. The van der Waals surface area contributed by atoms with Crippen molar-refractivity contribution in [2.45, 2.75) is 18.2 Å². The summed E-state index contributed by atoms with van der Waals surface area (Å²) in [4.78, 5) is 26.6. The highest BCUT2D eigenvalue weighted by atomic mass is 35.5. The molecule has 0 saturated heterocycles. The number of hydrogen-bond acceptors (Lipinski definition) is 5. The Morgan fingerprint density at radius 3 is 2.27 bits per heavy atom. The first-order valence-corrected chi connectivity index (χ1v) is 8.02. The third kappa shape index (κ3) is 4.07. The molecule has 0 fully saturated rings. The zero-order chi connectivity index (χ0) is 23.0. The number of aromatic nitrogens is 2. The lowest BCUT2D eigenvalue weighted by Gasteiger charge is -2.21. The lowest BCUT2D eigenvalue weighted by molar-refractivity contribution is -0.291. The van der Waals surface area contributed by atoms with Crippen LogP contribution in [0.2, 0.25) is 5.02 Å². The minimum atomic E-state index is -6.06. The number of halogens is 7. The lowest BCUT2D eigenvalue weighted by Crippen LogP contribution is -2.37. The third-order valence-corrected chi connectivity index (χ3v) is 4.13. The van der Waals surface area contributed by atoms with E-state index in [1.807, 2.05) is 0 Å². The minimum absolute atomic E-state index is 0.144. The van der Waals surface area contributed by atoms with E-state index in [2.05, 4.69) is 9.72 Å². The van der Waals surface area contributed by atoms with Gasteiger partial charge in [0.1, 0.15) is 11.5 Å². The molecule has 1 atom stereocenters. The van der Waals surface area contributed by atoms with Crippen LogP contribution in [0, 0.1) is 5.82 Å². The van der Waals surface area contributed by atoms with Gasteiger partial charge in [0.15, 0.2) is 6.10 Å². The molecule has 30 heavy (non-hydrogen) atoms. The second-order valence-electron chi connectivity index (χ2n) is 5.65. The first-order valence-electron chi connectivity index (χ1n) is 7.64. The van der Waals surface area contributed by atoms with Gasteiger partial charge in [0, 0.05) is 18.7 Å². The number of nitrogens with zero attached hydrogens (tertiary/aromatic N) is 2. The van der Waals surface area contributed by atoms with Gasteiger partial charge in [-0.1, -0.05) is 11.6 Å². The summed E-state index contributed by atoms with van der Waals surface area (Å²) >= 11 is 5.81. The number of carboxylic acid groups (broad SMARTS) is 1. The van der Waals surface area contributed by atoms with Crippen LogP contribution in [-0.2, 0) is 15.5 Å². The van der Waals surface area contributed by atoms with Gasteiger partial charge in [0.25, 0.3) is 5.56 Å². The summed E-state index contributed by atoms with van der Waals surface area (Å²) < 4.78 is 88.9. The molecule has 1 aromatic heterocycles. The number of aliphatic carboxylic acids is 1. The van der Waals surface area contributed by atoms with Gasteiger partial charge >= 0.3 is 24.1 Å². The maximum atomic E-state index is 14.5. The van der Waals surface area contributed by atoms with Crippen LogP contribution in [0.4, 0.5) is 26.3 Å². The first-order chi connectivity index (χ1) is 13.8. The molecule has 0 saturated carbocycles. The zero-order valence-electron chi connectivity index (χ0n) is 14.9. The number of carboxylic acids is 1. The summed E-state index contributed by atoms with van der Waals surface area (Å²) in [6.45, 7) is 0. The smallest absolute Gasteiger partial charge is 0.459 e. The second kappa shape index (κ2) is 8.14. The van der Waals surface area contributed by atoms with E-state index in [0.717, 1.165) is 20.3 Å². The lowest BCUT2D eigenvalue weighted by atomic mass is 10.1. The van der Waals surface area contributed by atoms with Crippen molar-refractivity contribution in [2.24, 2.45) is 0 Å². The number of carbonyl (C=O) groups is 1. The van der Waals surface area contributed by atoms with Crippen molar-refractivity contribution >= 4 is 17.6 Å². The highest BCUT2D eigenvalue weighted by Crippen LogP contribution is 2.43.